The molecule has 3 nitrogen and oxygen atoms in total. The summed E-state index contributed by atoms with van der Waals surface area (Å²) in [5, 5.41) is 5.01. The molecule has 21 heavy (non-hydrogen) atoms. The number of rotatable bonds is 6. The quantitative estimate of drug-likeness (QED) is 0.859. The number of hydrogen-bond acceptors (Lipinski definition) is 3. The molecule has 0 fully saturated rings. The van der Waals surface area contributed by atoms with Crippen molar-refractivity contribution in [2.24, 2.45) is 5.73 Å². The molecule has 1 amide bonds. The minimum absolute atomic E-state index is 0.00677. The van der Waals surface area contributed by atoms with Gasteiger partial charge in [0.15, 0.2) is 0 Å². The normalized spacial score (nSPS) is 13.7. The number of hydrogen-bond donors (Lipinski definition) is 2. The highest BCUT2D eigenvalue weighted by molar-refractivity contribution is 7.10. The van der Waals surface area contributed by atoms with Gasteiger partial charge in [0.2, 0.25) is 5.91 Å². The van der Waals surface area contributed by atoms with Gasteiger partial charge in [-0.15, -0.1) is 11.3 Å². The number of thiophene rings is 1. The van der Waals surface area contributed by atoms with Crippen molar-refractivity contribution < 1.29 is 4.79 Å². The third-order valence-electron chi connectivity index (χ3n) is 3.77. The monoisotopic (exact) mass is 302 g/mol. The molecule has 0 aliphatic heterocycles. The van der Waals surface area contributed by atoms with E-state index in [1.807, 2.05) is 17.5 Å². The summed E-state index contributed by atoms with van der Waals surface area (Å²) in [6, 6.07) is 12.4. The lowest BCUT2D eigenvalue weighted by Crippen LogP contribution is -2.33. The Bertz CT molecular complexity index is 563. The zero-order valence-corrected chi connectivity index (χ0v) is 13.3. The van der Waals surface area contributed by atoms with E-state index in [1.54, 1.807) is 11.3 Å². The second kappa shape index (κ2) is 7.38. The van der Waals surface area contributed by atoms with Crippen molar-refractivity contribution in [1.82, 2.24) is 5.32 Å². The number of nitrogens with one attached hydrogen (secondary N) is 1. The summed E-state index contributed by atoms with van der Waals surface area (Å²) in [5.74, 6) is 0.414. The second-order valence-corrected chi connectivity index (χ2v) is 6.18. The second-order valence-electron chi connectivity index (χ2n) is 5.20. The summed E-state index contributed by atoms with van der Waals surface area (Å²) in [7, 11) is 0. The van der Waals surface area contributed by atoms with E-state index < -0.39 is 0 Å². The standard InChI is InChI=1S/C17H22N2OS/c1-3-12(2)13-6-8-14(9-7-13)17(19-16(20)11-18)15-5-4-10-21-15/h4-10,12,17H,3,11,18H2,1-2H3,(H,19,20). The van der Waals surface area contributed by atoms with Crippen LogP contribution in [0.4, 0.5) is 0 Å². The molecule has 1 aromatic heterocycles. The Morgan fingerprint density at radius 2 is 1.90 bits per heavy atom. The highest BCUT2D eigenvalue weighted by Gasteiger charge is 2.17. The van der Waals surface area contributed by atoms with Crippen molar-refractivity contribution in [3.05, 3.63) is 57.8 Å². The predicted octanol–water partition coefficient (Wildman–Crippen LogP) is 3.43. The number of carbonyl (C=O) groups is 1. The zero-order chi connectivity index (χ0) is 15.2. The molecular formula is C17H22N2OS. The Hall–Kier alpha value is -1.65. The zero-order valence-electron chi connectivity index (χ0n) is 12.5. The maximum Gasteiger partial charge on any atom is 0.234 e. The van der Waals surface area contributed by atoms with Crippen molar-refractivity contribution in [1.29, 1.82) is 0 Å². The van der Waals surface area contributed by atoms with E-state index in [0.29, 0.717) is 5.92 Å². The lowest BCUT2D eigenvalue weighted by atomic mass is 9.95. The van der Waals surface area contributed by atoms with Gasteiger partial charge in [0.1, 0.15) is 0 Å². The Labute approximate surface area is 130 Å². The topological polar surface area (TPSA) is 55.1 Å². The molecule has 2 unspecified atom stereocenters. The first-order valence-electron chi connectivity index (χ1n) is 7.28. The SMILES string of the molecule is CCC(C)c1ccc(C(NC(=O)CN)c2cccs2)cc1. The highest BCUT2D eigenvalue weighted by atomic mass is 32.1. The molecule has 0 bridgehead atoms. The first kappa shape index (κ1) is 15.7. The number of carbonyl (C=O) groups excluding carboxylic acids is 1. The van der Waals surface area contributed by atoms with Gasteiger partial charge in [-0.3, -0.25) is 4.79 Å². The molecule has 2 atom stereocenters. The van der Waals surface area contributed by atoms with Crippen LogP contribution in [0.25, 0.3) is 0 Å². The molecule has 112 valence electrons. The smallest absolute Gasteiger partial charge is 0.234 e. The van der Waals surface area contributed by atoms with Crippen LogP contribution >= 0.6 is 11.3 Å². The Kier molecular flexibility index (Phi) is 5.53. The molecule has 0 aliphatic rings. The highest BCUT2D eigenvalue weighted by Crippen LogP contribution is 2.28. The fraction of sp³-hybridized carbons (Fsp3) is 0.353. The molecular weight excluding hydrogens is 280 g/mol. The number of nitrogens with two attached hydrogens (primary N) is 1. The van der Waals surface area contributed by atoms with Gasteiger partial charge in [-0.1, -0.05) is 44.2 Å². The molecule has 0 saturated heterocycles. The van der Waals surface area contributed by atoms with Crippen LogP contribution < -0.4 is 11.1 Å². The average Bonchev–Trinajstić information content (AvgIpc) is 3.06. The molecule has 3 N–H and O–H groups in total. The van der Waals surface area contributed by atoms with Gasteiger partial charge < -0.3 is 11.1 Å². The summed E-state index contributed by atoms with van der Waals surface area (Å²) >= 11 is 1.64. The van der Waals surface area contributed by atoms with Crippen LogP contribution in [-0.4, -0.2) is 12.5 Å². The molecule has 0 spiro atoms. The fourth-order valence-electron chi connectivity index (χ4n) is 2.25. The minimum Gasteiger partial charge on any atom is -0.343 e. The van der Waals surface area contributed by atoms with Gasteiger partial charge in [-0.25, -0.2) is 0 Å². The van der Waals surface area contributed by atoms with Gasteiger partial charge in [0.05, 0.1) is 12.6 Å². The van der Waals surface area contributed by atoms with Gasteiger partial charge >= 0.3 is 0 Å². The van der Waals surface area contributed by atoms with E-state index in [0.717, 1.165) is 16.9 Å². The van der Waals surface area contributed by atoms with E-state index in [-0.39, 0.29) is 18.5 Å². The van der Waals surface area contributed by atoms with Crippen LogP contribution in [0.2, 0.25) is 0 Å². The van der Waals surface area contributed by atoms with Crippen LogP contribution in [0.5, 0.6) is 0 Å². The van der Waals surface area contributed by atoms with Gasteiger partial charge in [0.25, 0.3) is 0 Å². The third-order valence-corrected chi connectivity index (χ3v) is 4.71. The van der Waals surface area contributed by atoms with E-state index in [1.165, 1.54) is 5.56 Å². The first-order valence-corrected chi connectivity index (χ1v) is 8.16. The van der Waals surface area contributed by atoms with Crippen molar-refractivity contribution in [3.63, 3.8) is 0 Å². The molecule has 2 rings (SSSR count). The third kappa shape index (κ3) is 3.93. The van der Waals surface area contributed by atoms with Crippen LogP contribution in [0.3, 0.4) is 0 Å². The summed E-state index contributed by atoms with van der Waals surface area (Å²) in [4.78, 5) is 12.8. The average molecular weight is 302 g/mol. The molecule has 4 heteroatoms. The van der Waals surface area contributed by atoms with E-state index in [2.05, 4.69) is 43.4 Å². The maximum atomic E-state index is 11.7. The molecule has 1 heterocycles. The molecule has 0 saturated carbocycles. The maximum absolute atomic E-state index is 11.7. The van der Waals surface area contributed by atoms with E-state index >= 15 is 0 Å². The van der Waals surface area contributed by atoms with Crippen LogP contribution in [-0.2, 0) is 4.79 Å². The Morgan fingerprint density at radius 1 is 1.24 bits per heavy atom. The number of benzene rings is 1. The van der Waals surface area contributed by atoms with Gasteiger partial charge in [-0.05, 0) is 34.9 Å². The minimum atomic E-state index is -0.139. The van der Waals surface area contributed by atoms with Crippen molar-refractivity contribution in [2.45, 2.75) is 32.2 Å². The van der Waals surface area contributed by atoms with Crippen LogP contribution in [0.1, 0.15) is 48.2 Å². The van der Waals surface area contributed by atoms with E-state index in [9.17, 15) is 4.79 Å². The largest absolute Gasteiger partial charge is 0.343 e. The summed E-state index contributed by atoms with van der Waals surface area (Å²) in [6.07, 6.45) is 1.12. The number of amides is 1. The van der Waals surface area contributed by atoms with Gasteiger partial charge in [-0.2, -0.15) is 0 Å². The van der Waals surface area contributed by atoms with Crippen molar-refractivity contribution >= 4 is 17.2 Å². The molecule has 2 aromatic rings. The Balaban J connectivity index is 2.26. The fourth-order valence-corrected chi connectivity index (χ4v) is 3.05. The van der Waals surface area contributed by atoms with Crippen LogP contribution in [0, 0.1) is 0 Å². The lowest BCUT2D eigenvalue weighted by molar-refractivity contribution is -0.120. The van der Waals surface area contributed by atoms with Crippen molar-refractivity contribution in [2.75, 3.05) is 6.54 Å². The summed E-state index contributed by atoms with van der Waals surface area (Å²) in [5.41, 5.74) is 7.84. The van der Waals surface area contributed by atoms with Crippen molar-refractivity contribution in [3.8, 4) is 0 Å². The predicted molar refractivity (Wildman–Crippen MR) is 88.5 cm³/mol. The van der Waals surface area contributed by atoms with Crippen LogP contribution in [0.15, 0.2) is 41.8 Å². The van der Waals surface area contributed by atoms with Gasteiger partial charge in [0, 0.05) is 4.88 Å². The Morgan fingerprint density at radius 3 is 2.43 bits per heavy atom. The first-order chi connectivity index (χ1) is 10.2. The van der Waals surface area contributed by atoms with E-state index in [4.69, 9.17) is 5.73 Å². The molecule has 0 radical (unpaired) electrons. The summed E-state index contributed by atoms with van der Waals surface area (Å²) in [6.45, 7) is 4.42. The molecule has 1 aromatic carbocycles. The summed E-state index contributed by atoms with van der Waals surface area (Å²) < 4.78 is 0. The molecule has 0 aliphatic carbocycles. The lowest BCUT2D eigenvalue weighted by Gasteiger charge is -2.19.